The molecule has 0 aliphatic carbocycles. The standard InChI is InChI=1S/C13H26N2OS/c1-3-4-5-7-14-13(16)10-15-8-6-12(9-15)11-17-2/h12H,3-11H2,1-2H3,(H,14,16). The lowest BCUT2D eigenvalue weighted by Crippen LogP contribution is -2.36. The summed E-state index contributed by atoms with van der Waals surface area (Å²) in [6.45, 7) is 5.81. The van der Waals surface area contributed by atoms with Crippen molar-refractivity contribution in [2.45, 2.75) is 32.6 Å². The van der Waals surface area contributed by atoms with Crippen LogP contribution in [0.3, 0.4) is 0 Å². The fraction of sp³-hybridized carbons (Fsp3) is 0.923. The van der Waals surface area contributed by atoms with E-state index in [0.29, 0.717) is 6.54 Å². The first-order valence-electron chi connectivity index (χ1n) is 6.74. The van der Waals surface area contributed by atoms with Crippen molar-refractivity contribution >= 4 is 17.7 Å². The van der Waals surface area contributed by atoms with Crippen LogP contribution in [0.25, 0.3) is 0 Å². The van der Waals surface area contributed by atoms with Gasteiger partial charge in [0.1, 0.15) is 0 Å². The average Bonchev–Trinajstić information content (AvgIpc) is 2.73. The smallest absolute Gasteiger partial charge is 0.234 e. The van der Waals surface area contributed by atoms with E-state index in [4.69, 9.17) is 0 Å². The first-order chi connectivity index (χ1) is 8.26. The van der Waals surface area contributed by atoms with Crippen LogP contribution in [0, 0.1) is 5.92 Å². The zero-order valence-corrected chi connectivity index (χ0v) is 12.0. The second kappa shape index (κ2) is 8.81. The molecule has 1 atom stereocenters. The highest BCUT2D eigenvalue weighted by Crippen LogP contribution is 2.18. The van der Waals surface area contributed by atoms with E-state index in [1.165, 1.54) is 25.0 Å². The molecule has 17 heavy (non-hydrogen) atoms. The van der Waals surface area contributed by atoms with Crippen LogP contribution >= 0.6 is 11.8 Å². The molecule has 1 N–H and O–H groups in total. The van der Waals surface area contributed by atoms with Gasteiger partial charge in [-0.15, -0.1) is 0 Å². The third-order valence-corrected chi connectivity index (χ3v) is 4.05. The molecule has 1 aliphatic heterocycles. The molecule has 0 spiro atoms. The van der Waals surface area contributed by atoms with Crippen LogP contribution in [-0.2, 0) is 4.79 Å². The van der Waals surface area contributed by atoms with Crippen molar-refractivity contribution in [3.05, 3.63) is 0 Å². The molecule has 100 valence electrons. The van der Waals surface area contributed by atoms with Crippen molar-refractivity contribution in [1.29, 1.82) is 0 Å². The van der Waals surface area contributed by atoms with Crippen molar-refractivity contribution in [2.75, 3.05) is 38.2 Å². The Morgan fingerprint density at radius 3 is 3.00 bits per heavy atom. The number of unbranched alkanes of at least 4 members (excludes halogenated alkanes) is 2. The van der Waals surface area contributed by atoms with Crippen LogP contribution in [0.2, 0.25) is 0 Å². The third kappa shape index (κ3) is 6.32. The Labute approximate surface area is 110 Å². The number of hydrogen-bond acceptors (Lipinski definition) is 3. The highest BCUT2D eigenvalue weighted by atomic mass is 32.2. The number of amides is 1. The molecule has 0 aromatic carbocycles. The summed E-state index contributed by atoms with van der Waals surface area (Å²) in [6, 6.07) is 0. The van der Waals surface area contributed by atoms with Gasteiger partial charge in [0, 0.05) is 13.1 Å². The Morgan fingerprint density at radius 2 is 2.29 bits per heavy atom. The molecule has 3 nitrogen and oxygen atoms in total. The van der Waals surface area contributed by atoms with E-state index in [9.17, 15) is 4.79 Å². The van der Waals surface area contributed by atoms with Gasteiger partial charge in [0.05, 0.1) is 6.54 Å². The van der Waals surface area contributed by atoms with Crippen molar-refractivity contribution < 1.29 is 4.79 Å². The maximum Gasteiger partial charge on any atom is 0.234 e. The van der Waals surface area contributed by atoms with Gasteiger partial charge in [0.25, 0.3) is 0 Å². The Balaban J connectivity index is 2.07. The van der Waals surface area contributed by atoms with Crippen LogP contribution in [0.15, 0.2) is 0 Å². The van der Waals surface area contributed by atoms with Gasteiger partial charge < -0.3 is 5.32 Å². The largest absolute Gasteiger partial charge is 0.355 e. The summed E-state index contributed by atoms with van der Waals surface area (Å²) in [5.41, 5.74) is 0. The number of carbonyl (C=O) groups excluding carboxylic acids is 1. The molecule has 1 fully saturated rings. The molecule has 0 bridgehead atoms. The number of hydrogen-bond donors (Lipinski definition) is 1. The van der Waals surface area contributed by atoms with Gasteiger partial charge in [-0.2, -0.15) is 11.8 Å². The molecule has 0 radical (unpaired) electrons. The summed E-state index contributed by atoms with van der Waals surface area (Å²) in [5, 5.41) is 3.01. The number of likely N-dealkylation sites (tertiary alicyclic amines) is 1. The molecule has 4 heteroatoms. The van der Waals surface area contributed by atoms with Gasteiger partial charge in [0.15, 0.2) is 0 Å². The van der Waals surface area contributed by atoms with Crippen molar-refractivity contribution in [3.63, 3.8) is 0 Å². The summed E-state index contributed by atoms with van der Waals surface area (Å²) in [5.74, 6) is 2.22. The Kier molecular flexibility index (Phi) is 7.69. The molecule has 0 aromatic heterocycles. The number of rotatable bonds is 8. The van der Waals surface area contributed by atoms with Gasteiger partial charge >= 0.3 is 0 Å². The molecular weight excluding hydrogens is 232 g/mol. The fourth-order valence-corrected chi connectivity index (χ4v) is 3.03. The lowest BCUT2D eigenvalue weighted by Gasteiger charge is -2.15. The lowest BCUT2D eigenvalue weighted by atomic mass is 10.2. The third-order valence-electron chi connectivity index (χ3n) is 3.24. The van der Waals surface area contributed by atoms with Crippen LogP contribution in [0.1, 0.15) is 32.6 Å². The summed E-state index contributed by atoms with van der Waals surface area (Å²) < 4.78 is 0. The molecule has 1 rings (SSSR count). The molecule has 1 unspecified atom stereocenters. The molecule has 1 amide bonds. The normalized spacial score (nSPS) is 20.7. The van der Waals surface area contributed by atoms with E-state index in [1.54, 1.807) is 0 Å². The van der Waals surface area contributed by atoms with Crippen LogP contribution in [-0.4, -0.2) is 49.0 Å². The van der Waals surface area contributed by atoms with Crippen molar-refractivity contribution in [2.24, 2.45) is 5.92 Å². The molecule has 1 saturated heterocycles. The van der Waals surface area contributed by atoms with E-state index in [-0.39, 0.29) is 5.91 Å². The van der Waals surface area contributed by atoms with Crippen molar-refractivity contribution in [1.82, 2.24) is 10.2 Å². The summed E-state index contributed by atoms with van der Waals surface area (Å²) >= 11 is 1.91. The minimum absolute atomic E-state index is 0.200. The highest BCUT2D eigenvalue weighted by Gasteiger charge is 2.23. The molecule has 1 aliphatic rings. The summed E-state index contributed by atoms with van der Waals surface area (Å²) in [6.07, 6.45) is 6.93. The van der Waals surface area contributed by atoms with E-state index in [2.05, 4.69) is 23.4 Å². The first-order valence-corrected chi connectivity index (χ1v) is 8.13. The quantitative estimate of drug-likeness (QED) is 0.676. The molecular formula is C13H26N2OS. The van der Waals surface area contributed by atoms with Gasteiger partial charge in [-0.25, -0.2) is 0 Å². The number of nitrogens with one attached hydrogen (secondary N) is 1. The van der Waals surface area contributed by atoms with Crippen molar-refractivity contribution in [3.8, 4) is 0 Å². The number of thioether (sulfide) groups is 1. The van der Waals surface area contributed by atoms with Crippen LogP contribution in [0.5, 0.6) is 0 Å². The van der Waals surface area contributed by atoms with Crippen LogP contribution in [0.4, 0.5) is 0 Å². The Morgan fingerprint density at radius 1 is 1.47 bits per heavy atom. The first kappa shape index (κ1) is 14.8. The van der Waals surface area contributed by atoms with Gasteiger partial charge in [0.2, 0.25) is 5.91 Å². The number of carbonyl (C=O) groups is 1. The topological polar surface area (TPSA) is 32.3 Å². The van der Waals surface area contributed by atoms with E-state index < -0.39 is 0 Å². The van der Waals surface area contributed by atoms with E-state index in [1.807, 2.05) is 11.8 Å². The predicted octanol–water partition coefficient (Wildman–Crippen LogP) is 1.98. The molecule has 1 heterocycles. The summed E-state index contributed by atoms with van der Waals surface area (Å²) in [7, 11) is 0. The van der Waals surface area contributed by atoms with E-state index in [0.717, 1.165) is 32.0 Å². The van der Waals surface area contributed by atoms with Gasteiger partial charge in [-0.3, -0.25) is 9.69 Å². The maximum atomic E-state index is 11.7. The minimum Gasteiger partial charge on any atom is -0.355 e. The van der Waals surface area contributed by atoms with E-state index >= 15 is 0 Å². The Hall–Kier alpha value is -0.220. The predicted molar refractivity (Wildman–Crippen MR) is 75.5 cm³/mol. The zero-order chi connectivity index (χ0) is 12.5. The lowest BCUT2D eigenvalue weighted by molar-refractivity contribution is -0.122. The Bertz CT molecular complexity index is 223. The average molecular weight is 258 g/mol. The van der Waals surface area contributed by atoms with Gasteiger partial charge in [-0.1, -0.05) is 19.8 Å². The SMILES string of the molecule is CCCCCNC(=O)CN1CCC(CSC)C1. The van der Waals surface area contributed by atoms with Crippen LogP contribution < -0.4 is 5.32 Å². The van der Waals surface area contributed by atoms with Gasteiger partial charge in [-0.05, 0) is 37.3 Å². The summed E-state index contributed by atoms with van der Waals surface area (Å²) in [4.78, 5) is 14.0. The fourth-order valence-electron chi connectivity index (χ4n) is 2.29. The second-order valence-corrected chi connectivity index (χ2v) is 5.81. The zero-order valence-electron chi connectivity index (χ0n) is 11.2. The molecule has 0 saturated carbocycles. The molecule has 0 aromatic rings. The second-order valence-electron chi connectivity index (χ2n) is 4.90. The monoisotopic (exact) mass is 258 g/mol. The highest BCUT2D eigenvalue weighted by molar-refractivity contribution is 7.98. The number of nitrogens with zero attached hydrogens (tertiary/aromatic N) is 1. The maximum absolute atomic E-state index is 11.7. The minimum atomic E-state index is 0.200.